The molecule has 2 aromatic rings. The number of nitrogens with zero attached hydrogens (tertiary/aromatic N) is 3. The van der Waals surface area contributed by atoms with Crippen molar-refractivity contribution >= 4 is 11.6 Å². The highest BCUT2D eigenvalue weighted by atomic mass is 16.6. The van der Waals surface area contributed by atoms with Crippen LogP contribution in [0.3, 0.4) is 0 Å². The van der Waals surface area contributed by atoms with Gasteiger partial charge in [0.1, 0.15) is 5.69 Å². The van der Waals surface area contributed by atoms with E-state index in [1.54, 1.807) is 6.92 Å². The Hall–Kier alpha value is -2.50. The molecular weight excluding hydrogens is 256 g/mol. The molecule has 6 heteroatoms. The third kappa shape index (κ3) is 2.59. The largest absolute Gasteiger partial charge is 0.354 e. The highest BCUT2D eigenvalue weighted by Crippen LogP contribution is 2.32. The van der Waals surface area contributed by atoms with Crippen LogP contribution in [0.1, 0.15) is 18.2 Å². The van der Waals surface area contributed by atoms with Gasteiger partial charge in [0.2, 0.25) is 5.95 Å². The summed E-state index contributed by atoms with van der Waals surface area (Å²) in [6, 6.07) is 7.48. The third-order valence-electron chi connectivity index (χ3n) is 2.98. The van der Waals surface area contributed by atoms with Gasteiger partial charge in [0.05, 0.1) is 4.92 Å². The lowest BCUT2D eigenvalue weighted by molar-refractivity contribution is -0.385. The number of aryl methyl sites for hydroxylation is 2. The minimum Gasteiger partial charge on any atom is -0.354 e. The molecule has 1 N–H and O–H groups in total. The average Bonchev–Trinajstić information content (AvgIpc) is 2.38. The zero-order valence-corrected chi connectivity index (χ0v) is 11.7. The Labute approximate surface area is 117 Å². The average molecular weight is 272 g/mol. The van der Waals surface area contributed by atoms with E-state index in [0.717, 1.165) is 11.1 Å². The van der Waals surface area contributed by atoms with Crippen molar-refractivity contribution in [1.82, 2.24) is 9.97 Å². The molecule has 1 aromatic carbocycles. The molecule has 1 aromatic heterocycles. The van der Waals surface area contributed by atoms with Crippen LogP contribution in [0.15, 0.2) is 24.3 Å². The van der Waals surface area contributed by atoms with Gasteiger partial charge in [-0.05, 0) is 26.3 Å². The minimum absolute atomic E-state index is 0.0408. The molecule has 0 amide bonds. The van der Waals surface area contributed by atoms with Gasteiger partial charge in [-0.25, -0.2) is 9.97 Å². The van der Waals surface area contributed by atoms with Crippen molar-refractivity contribution in [3.63, 3.8) is 0 Å². The number of hydrogen-bond donors (Lipinski definition) is 1. The Morgan fingerprint density at radius 3 is 2.55 bits per heavy atom. The van der Waals surface area contributed by atoms with Gasteiger partial charge >= 0.3 is 5.69 Å². The van der Waals surface area contributed by atoms with E-state index in [9.17, 15) is 10.1 Å². The first-order chi connectivity index (χ1) is 9.54. The van der Waals surface area contributed by atoms with E-state index in [1.165, 1.54) is 0 Å². The molecule has 0 saturated carbocycles. The Morgan fingerprint density at radius 1 is 1.25 bits per heavy atom. The van der Waals surface area contributed by atoms with Crippen LogP contribution in [-0.2, 0) is 0 Å². The van der Waals surface area contributed by atoms with E-state index in [4.69, 9.17) is 0 Å². The molecule has 0 unspecified atom stereocenters. The van der Waals surface area contributed by atoms with Crippen LogP contribution in [0.5, 0.6) is 0 Å². The minimum atomic E-state index is -0.424. The summed E-state index contributed by atoms with van der Waals surface area (Å²) in [6.07, 6.45) is 0. The molecule has 1 heterocycles. The summed E-state index contributed by atoms with van der Waals surface area (Å²) in [6.45, 7) is 6.11. The second kappa shape index (κ2) is 5.64. The molecule has 0 saturated heterocycles. The lowest BCUT2D eigenvalue weighted by Gasteiger charge is -2.10. The summed E-state index contributed by atoms with van der Waals surface area (Å²) in [7, 11) is 0. The van der Waals surface area contributed by atoms with Crippen LogP contribution >= 0.6 is 0 Å². The summed E-state index contributed by atoms with van der Waals surface area (Å²) >= 11 is 0. The number of hydrogen-bond acceptors (Lipinski definition) is 5. The molecule has 104 valence electrons. The van der Waals surface area contributed by atoms with Crippen LogP contribution in [0.4, 0.5) is 11.6 Å². The fraction of sp³-hybridized carbons (Fsp3) is 0.286. The zero-order chi connectivity index (χ0) is 14.7. The Kier molecular flexibility index (Phi) is 3.93. The molecule has 0 aliphatic rings. The highest BCUT2D eigenvalue weighted by Gasteiger charge is 2.23. The Morgan fingerprint density at radius 2 is 1.95 bits per heavy atom. The van der Waals surface area contributed by atoms with E-state index >= 15 is 0 Å². The van der Waals surface area contributed by atoms with Gasteiger partial charge in [0.15, 0.2) is 5.69 Å². The van der Waals surface area contributed by atoms with E-state index < -0.39 is 4.92 Å². The normalized spacial score (nSPS) is 10.3. The molecule has 0 spiro atoms. The van der Waals surface area contributed by atoms with Gasteiger partial charge < -0.3 is 5.32 Å². The second-order valence-electron chi connectivity index (χ2n) is 4.43. The third-order valence-corrected chi connectivity index (χ3v) is 2.98. The van der Waals surface area contributed by atoms with Crippen molar-refractivity contribution in [2.24, 2.45) is 0 Å². The van der Waals surface area contributed by atoms with Crippen LogP contribution in [-0.4, -0.2) is 21.4 Å². The molecule has 0 fully saturated rings. The van der Waals surface area contributed by atoms with Gasteiger partial charge in [0, 0.05) is 12.1 Å². The fourth-order valence-corrected chi connectivity index (χ4v) is 2.05. The summed E-state index contributed by atoms with van der Waals surface area (Å²) in [5.41, 5.74) is 2.37. The molecule has 0 atom stereocenters. The predicted molar refractivity (Wildman–Crippen MR) is 77.8 cm³/mol. The molecule has 2 rings (SSSR count). The standard InChI is InChI=1S/C14H16N4O2/c1-4-15-14-16-10(3)13(18(19)20)12(17-14)11-8-6-5-7-9(11)2/h5-8H,4H2,1-3H3,(H,15,16,17). The van der Waals surface area contributed by atoms with E-state index in [-0.39, 0.29) is 5.69 Å². The van der Waals surface area contributed by atoms with Crippen molar-refractivity contribution in [3.8, 4) is 11.3 Å². The van der Waals surface area contributed by atoms with Gasteiger partial charge in [0.25, 0.3) is 0 Å². The van der Waals surface area contributed by atoms with Gasteiger partial charge in [-0.15, -0.1) is 0 Å². The Bertz CT molecular complexity index is 656. The molecule has 0 aliphatic heterocycles. The summed E-state index contributed by atoms with van der Waals surface area (Å²) < 4.78 is 0. The molecule has 0 aliphatic carbocycles. The number of rotatable bonds is 4. The first-order valence-electron chi connectivity index (χ1n) is 6.37. The van der Waals surface area contributed by atoms with E-state index in [2.05, 4.69) is 15.3 Å². The van der Waals surface area contributed by atoms with Gasteiger partial charge in [-0.1, -0.05) is 24.3 Å². The SMILES string of the molecule is CCNc1nc(C)c([N+](=O)[O-])c(-c2ccccc2C)n1. The van der Waals surface area contributed by atoms with Crippen molar-refractivity contribution in [2.75, 3.05) is 11.9 Å². The number of benzene rings is 1. The molecule has 20 heavy (non-hydrogen) atoms. The maximum atomic E-state index is 11.3. The topological polar surface area (TPSA) is 81.0 Å². The fourth-order valence-electron chi connectivity index (χ4n) is 2.05. The van der Waals surface area contributed by atoms with Crippen LogP contribution < -0.4 is 5.32 Å². The molecular formula is C14H16N4O2. The predicted octanol–water partition coefficient (Wildman–Crippen LogP) is 3.10. The summed E-state index contributed by atoms with van der Waals surface area (Å²) in [4.78, 5) is 19.3. The number of aromatic nitrogens is 2. The van der Waals surface area contributed by atoms with Crippen molar-refractivity contribution in [2.45, 2.75) is 20.8 Å². The lowest BCUT2D eigenvalue weighted by atomic mass is 10.0. The quantitative estimate of drug-likeness (QED) is 0.683. The van der Waals surface area contributed by atoms with Crippen molar-refractivity contribution in [3.05, 3.63) is 45.6 Å². The van der Waals surface area contributed by atoms with Crippen LogP contribution in [0.2, 0.25) is 0 Å². The number of nitrogens with one attached hydrogen (secondary N) is 1. The Balaban J connectivity index is 2.71. The molecule has 0 radical (unpaired) electrons. The lowest BCUT2D eigenvalue weighted by Crippen LogP contribution is -2.07. The summed E-state index contributed by atoms with van der Waals surface area (Å²) in [5.74, 6) is 0.411. The zero-order valence-electron chi connectivity index (χ0n) is 11.7. The first kappa shape index (κ1) is 13.9. The van der Waals surface area contributed by atoms with Gasteiger partial charge in [-0.2, -0.15) is 0 Å². The summed E-state index contributed by atoms with van der Waals surface area (Å²) in [5, 5.41) is 14.3. The van der Waals surface area contributed by atoms with Crippen molar-refractivity contribution in [1.29, 1.82) is 0 Å². The number of anilines is 1. The van der Waals surface area contributed by atoms with Gasteiger partial charge in [-0.3, -0.25) is 10.1 Å². The monoisotopic (exact) mass is 272 g/mol. The number of nitro groups is 1. The first-order valence-corrected chi connectivity index (χ1v) is 6.37. The van der Waals surface area contributed by atoms with E-state index in [0.29, 0.717) is 23.9 Å². The van der Waals surface area contributed by atoms with Crippen molar-refractivity contribution < 1.29 is 4.92 Å². The molecule has 6 nitrogen and oxygen atoms in total. The smallest absolute Gasteiger partial charge is 0.316 e. The maximum Gasteiger partial charge on any atom is 0.316 e. The maximum absolute atomic E-state index is 11.3. The second-order valence-corrected chi connectivity index (χ2v) is 4.43. The van der Waals surface area contributed by atoms with Crippen LogP contribution in [0.25, 0.3) is 11.3 Å². The van der Waals surface area contributed by atoms with Crippen LogP contribution in [0, 0.1) is 24.0 Å². The highest BCUT2D eigenvalue weighted by molar-refractivity contribution is 5.74. The van der Waals surface area contributed by atoms with E-state index in [1.807, 2.05) is 38.1 Å². The molecule has 0 bridgehead atoms.